The summed E-state index contributed by atoms with van der Waals surface area (Å²) in [4.78, 5) is 8.44. The van der Waals surface area contributed by atoms with Crippen molar-refractivity contribution in [3.05, 3.63) is 22.4 Å². The van der Waals surface area contributed by atoms with Gasteiger partial charge in [-0.25, -0.2) is 8.42 Å². The summed E-state index contributed by atoms with van der Waals surface area (Å²) in [6.45, 7) is 8.48. The van der Waals surface area contributed by atoms with Crippen LogP contribution in [-0.2, 0) is 16.3 Å². The van der Waals surface area contributed by atoms with E-state index in [4.69, 9.17) is 4.99 Å². The lowest BCUT2D eigenvalue weighted by molar-refractivity contribution is 0.216. The molecule has 9 heteroatoms. The van der Waals surface area contributed by atoms with E-state index in [1.165, 1.54) is 11.1 Å². The molecule has 0 radical (unpaired) electrons. The third-order valence-corrected chi connectivity index (χ3v) is 6.56. The molecule has 1 aromatic rings. The number of likely N-dealkylation sites (tertiary alicyclic amines) is 1. The Labute approximate surface area is 191 Å². The van der Waals surface area contributed by atoms with E-state index in [-0.39, 0.29) is 29.7 Å². The summed E-state index contributed by atoms with van der Waals surface area (Å²) in [6.07, 6.45) is 4.40. The van der Waals surface area contributed by atoms with Crippen LogP contribution in [0.15, 0.2) is 22.5 Å². The molecule has 0 bridgehead atoms. The van der Waals surface area contributed by atoms with Gasteiger partial charge in [0.2, 0.25) is 0 Å². The smallest absolute Gasteiger partial charge is 0.191 e. The maximum atomic E-state index is 11.3. The Morgan fingerprint density at radius 1 is 1.39 bits per heavy atom. The Balaban J connectivity index is 0.00000392. The molecule has 1 aliphatic rings. The van der Waals surface area contributed by atoms with Gasteiger partial charge < -0.3 is 15.5 Å². The van der Waals surface area contributed by atoms with Crippen LogP contribution < -0.4 is 10.6 Å². The van der Waals surface area contributed by atoms with Crippen LogP contribution in [0.4, 0.5) is 0 Å². The molecule has 0 amide bonds. The van der Waals surface area contributed by atoms with Gasteiger partial charge in [0.05, 0.1) is 5.75 Å². The van der Waals surface area contributed by atoms with Crippen molar-refractivity contribution in [1.82, 2.24) is 15.5 Å². The molecule has 6 nitrogen and oxygen atoms in total. The Morgan fingerprint density at radius 2 is 2.11 bits per heavy atom. The number of thiophene rings is 1. The van der Waals surface area contributed by atoms with Crippen LogP contribution in [0.1, 0.15) is 31.6 Å². The van der Waals surface area contributed by atoms with Gasteiger partial charge in [0.15, 0.2) is 5.96 Å². The third kappa shape index (κ3) is 10.4. The number of guanidine groups is 1. The van der Waals surface area contributed by atoms with Crippen molar-refractivity contribution in [1.29, 1.82) is 0 Å². The molecule has 1 fully saturated rings. The Hall–Kier alpha value is -0.390. The molecular weight excluding hydrogens is 507 g/mol. The summed E-state index contributed by atoms with van der Waals surface area (Å²) in [7, 11) is -2.88. The number of rotatable bonds is 9. The van der Waals surface area contributed by atoms with E-state index in [2.05, 4.69) is 46.9 Å². The molecule has 1 saturated heterocycles. The van der Waals surface area contributed by atoms with E-state index in [9.17, 15) is 8.42 Å². The highest BCUT2D eigenvalue weighted by atomic mass is 127. The molecule has 1 atom stereocenters. The number of sulfone groups is 1. The first kappa shape index (κ1) is 25.6. The van der Waals surface area contributed by atoms with E-state index in [0.29, 0.717) is 18.5 Å². The van der Waals surface area contributed by atoms with Gasteiger partial charge in [-0.15, -0.1) is 35.3 Å². The second-order valence-electron chi connectivity index (χ2n) is 7.50. The number of hydrogen-bond acceptors (Lipinski definition) is 5. The van der Waals surface area contributed by atoms with Crippen LogP contribution >= 0.6 is 35.3 Å². The molecule has 28 heavy (non-hydrogen) atoms. The zero-order chi connectivity index (χ0) is 19.7. The topological polar surface area (TPSA) is 73.8 Å². The molecule has 162 valence electrons. The highest BCUT2D eigenvalue weighted by Gasteiger charge is 2.20. The average molecular weight is 543 g/mol. The summed E-state index contributed by atoms with van der Waals surface area (Å²) in [6, 6.07) is 4.68. The first-order valence-corrected chi connectivity index (χ1v) is 12.8. The van der Waals surface area contributed by atoms with Crippen LogP contribution in [0.2, 0.25) is 0 Å². The van der Waals surface area contributed by atoms with Crippen LogP contribution in [0.3, 0.4) is 0 Å². The molecule has 0 saturated carbocycles. The molecule has 1 aliphatic heterocycles. The molecular formula is C19H35IN4O2S2. The normalized spacial score (nSPS) is 17.8. The molecule has 0 aromatic carbocycles. The number of aliphatic imine (C=N–C) groups is 1. The predicted octanol–water partition coefficient (Wildman–Crippen LogP) is 2.61. The van der Waals surface area contributed by atoms with Gasteiger partial charge in [0.1, 0.15) is 9.84 Å². The summed E-state index contributed by atoms with van der Waals surface area (Å²) >= 11 is 1.81. The van der Waals surface area contributed by atoms with Crippen LogP contribution in [0.25, 0.3) is 0 Å². The fourth-order valence-corrected chi connectivity index (χ4v) is 4.65. The van der Waals surface area contributed by atoms with Crippen LogP contribution in [-0.4, -0.2) is 70.1 Å². The first-order chi connectivity index (χ1) is 12.9. The molecule has 2 heterocycles. The van der Waals surface area contributed by atoms with Crippen molar-refractivity contribution in [2.24, 2.45) is 10.9 Å². The number of piperidine rings is 1. The van der Waals surface area contributed by atoms with Gasteiger partial charge in [-0.2, -0.15) is 0 Å². The van der Waals surface area contributed by atoms with Gasteiger partial charge in [-0.05, 0) is 43.6 Å². The lowest BCUT2D eigenvalue weighted by Crippen LogP contribution is -2.49. The predicted molar refractivity (Wildman–Crippen MR) is 131 cm³/mol. The van der Waals surface area contributed by atoms with Gasteiger partial charge in [0.25, 0.3) is 0 Å². The SMILES string of the molecule is CCNC(=NCC(C)Cc1cccs1)NC1CCN(CCS(C)(=O)=O)CC1.I. The van der Waals surface area contributed by atoms with Gasteiger partial charge in [-0.3, -0.25) is 4.99 Å². The first-order valence-electron chi connectivity index (χ1n) is 9.83. The zero-order valence-electron chi connectivity index (χ0n) is 17.2. The van der Waals surface area contributed by atoms with E-state index in [1.807, 2.05) is 11.3 Å². The van der Waals surface area contributed by atoms with Crippen molar-refractivity contribution >= 4 is 51.1 Å². The summed E-state index contributed by atoms with van der Waals surface area (Å²) < 4.78 is 22.6. The largest absolute Gasteiger partial charge is 0.357 e. The lowest BCUT2D eigenvalue weighted by atomic mass is 10.1. The summed E-state index contributed by atoms with van der Waals surface area (Å²) in [5, 5.41) is 9.03. The minimum atomic E-state index is -2.88. The Bertz CT molecular complexity index is 672. The minimum absolute atomic E-state index is 0. The summed E-state index contributed by atoms with van der Waals surface area (Å²) in [5.74, 6) is 1.65. The maximum Gasteiger partial charge on any atom is 0.191 e. The second-order valence-corrected chi connectivity index (χ2v) is 10.8. The highest BCUT2D eigenvalue weighted by molar-refractivity contribution is 14.0. The van der Waals surface area contributed by atoms with Crippen molar-refractivity contribution in [2.45, 2.75) is 39.2 Å². The lowest BCUT2D eigenvalue weighted by Gasteiger charge is -2.33. The van der Waals surface area contributed by atoms with E-state index < -0.39 is 9.84 Å². The fourth-order valence-electron chi connectivity index (χ4n) is 3.19. The van der Waals surface area contributed by atoms with E-state index >= 15 is 0 Å². The number of nitrogens with one attached hydrogen (secondary N) is 2. The Kier molecular flexibility index (Phi) is 11.9. The van der Waals surface area contributed by atoms with E-state index in [1.54, 1.807) is 0 Å². The molecule has 1 aromatic heterocycles. The van der Waals surface area contributed by atoms with Crippen molar-refractivity contribution in [3.63, 3.8) is 0 Å². The highest BCUT2D eigenvalue weighted by Crippen LogP contribution is 2.15. The molecule has 2 N–H and O–H groups in total. The van der Waals surface area contributed by atoms with Gasteiger partial charge >= 0.3 is 0 Å². The maximum absolute atomic E-state index is 11.3. The van der Waals surface area contributed by atoms with E-state index in [0.717, 1.165) is 51.4 Å². The second kappa shape index (κ2) is 13.0. The Morgan fingerprint density at radius 3 is 2.68 bits per heavy atom. The van der Waals surface area contributed by atoms with Crippen molar-refractivity contribution in [3.8, 4) is 0 Å². The average Bonchev–Trinajstić information content (AvgIpc) is 3.11. The fraction of sp³-hybridized carbons (Fsp3) is 0.737. The van der Waals surface area contributed by atoms with Crippen LogP contribution in [0.5, 0.6) is 0 Å². The van der Waals surface area contributed by atoms with Crippen molar-refractivity contribution < 1.29 is 8.42 Å². The molecule has 0 aliphatic carbocycles. The number of halogens is 1. The van der Waals surface area contributed by atoms with Gasteiger partial charge in [0, 0.05) is 49.9 Å². The van der Waals surface area contributed by atoms with Crippen molar-refractivity contribution in [2.75, 3.05) is 44.7 Å². The minimum Gasteiger partial charge on any atom is -0.357 e. The zero-order valence-corrected chi connectivity index (χ0v) is 21.1. The summed E-state index contributed by atoms with van der Waals surface area (Å²) in [5.41, 5.74) is 0. The molecule has 0 spiro atoms. The number of nitrogens with zero attached hydrogens (tertiary/aromatic N) is 2. The third-order valence-electron chi connectivity index (χ3n) is 4.74. The quantitative estimate of drug-likeness (QED) is 0.285. The monoisotopic (exact) mass is 542 g/mol. The molecule has 1 unspecified atom stereocenters. The van der Waals surface area contributed by atoms with Crippen LogP contribution in [0, 0.1) is 5.92 Å². The molecule has 2 rings (SSSR count). The number of hydrogen-bond donors (Lipinski definition) is 2. The van der Waals surface area contributed by atoms with Gasteiger partial charge in [-0.1, -0.05) is 13.0 Å². The standard InChI is InChI=1S/C19H34N4O2S2.HI/c1-4-20-19(21-15-16(2)14-18-6-5-12-26-18)22-17-7-9-23(10-8-17)11-13-27(3,24)25;/h5-6,12,16-17H,4,7-11,13-15H2,1-3H3,(H2,20,21,22);1H.